The largest absolute Gasteiger partial charge is 0.293 e. The van der Waals surface area contributed by atoms with Gasteiger partial charge in [-0.05, 0) is 52.0 Å². The SMILES string of the molecule is CCc1ccc(CC(=O)c2cc(C)c(Br)s2)cc1. The Labute approximate surface area is 120 Å². The molecule has 18 heavy (non-hydrogen) atoms. The van der Waals surface area contributed by atoms with Crippen LogP contribution in [0.3, 0.4) is 0 Å². The van der Waals surface area contributed by atoms with E-state index >= 15 is 0 Å². The Morgan fingerprint density at radius 2 is 1.83 bits per heavy atom. The van der Waals surface area contributed by atoms with Crippen LogP contribution >= 0.6 is 27.3 Å². The first-order valence-electron chi connectivity index (χ1n) is 5.97. The third kappa shape index (κ3) is 3.09. The summed E-state index contributed by atoms with van der Waals surface area (Å²) in [5.74, 6) is 0.193. The molecule has 0 N–H and O–H groups in total. The van der Waals surface area contributed by atoms with Crippen molar-refractivity contribution in [3.63, 3.8) is 0 Å². The number of rotatable bonds is 4. The van der Waals surface area contributed by atoms with Crippen molar-refractivity contribution >= 4 is 33.0 Å². The molecule has 2 aromatic rings. The number of hydrogen-bond acceptors (Lipinski definition) is 2. The van der Waals surface area contributed by atoms with E-state index in [4.69, 9.17) is 0 Å². The molecule has 0 bridgehead atoms. The smallest absolute Gasteiger partial charge is 0.177 e. The lowest BCUT2D eigenvalue weighted by Crippen LogP contribution is -2.01. The van der Waals surface area contributed by atoms with E-state index in [0.717, 1.165) is 26.2 Å². The Morgan fingerprint density at radius 3 is 2.33 bits per heavy atom. The highest BCUT2D eigenvalue weighted by Crippen LogP contribution is 2.28. The quantitative estimate of drug-likeness (QED) is 0.738. The average molecular weight is 323 g/mol. The standard InChI is InChI=1S/C15H15BrOS/c1-3-11-4-6-12(7-5-11)9-13(17)14-8-10(2)15(16)18-14/h4-8H,3,9H2,1-2H3. The summed E-state index contributed by atoms with van der Waals surface area (Å²) in [6.07, 6.45) is 1.52. The summed E-state index contributed by atoms with van der Waals surface area (Å²) < 4.78 is 1.05. The first-order valence-corrected chi connectivity index (χ1v) is 7.58. The van der Waals surface area contributed by atoms with Crippen LogP contribution in [0, 0.1) is 6.92 Å². The molecule has 0 fully saturated rings. The molecule has 0 amide bonds. The Kier molecular flexibility index (Phi) is 4.36. The van der Waals surface area contributed by atoms with Crippen molar-refractivity contribution in [2.45, 2.75) is 26.7 Å². The zero-order valence-corrected chi connectivity index (χ0v) is 12.9. The highest BCUT2D eigenvalue weighted by molar-refractivity contribution is 9.11. The Morgan fingerprint density at radius 1 is 1.22 bits per heavy atom. The third-order valence-electron chi connectivity index (χ3n) is 2.93. The zero-order valence-electron chi connectivity index (χ0n) is 10.5. The van der Waals surface area contributed by atoms with Crippen LogP contribution in [0.2, 0.25) is 0 Å². The highest BCUT2D eigenvalue weighted by Gasteiger charge is 2.11. The summed E-state index contributed by atoms with van der Waals surface area (Å²) >= 11 is 4.97. The summed E-state index contributed by atoms with van der Waals surface area (Å²) in [5, 5.41) is 0. The van der Waals surface area contributed by atoms with Gasteiger partial charge in [0.2, 0.25) is 0 Å². The fraction of sp³-hybridized carbons (Fsp3) is 0.267. The van der Waals surface area contributed by atoms with E-state index in [-0.39, 0.29) is 5.78 Å². The molecule has 0 unspecified atom stereocenters. The molecule has 0 aliphatic carbocycles. The number of thiophene rings is 1. The molecule has 1 aromatic heterocycles. The van der Waals surface area contributed by atoms with Gasteiger partial charge in [0.25, 0.3) is 0 Å². The van der Waals surface area contributed by atoms with Crippen LogP contribution in [-0.2, 0) is 12.8 Å². The minimum atomic E-state index is 0.193. The number of carbonyl (C=O) groups is 1. The van der Waals surface area contributed by atoms with Gasteiger partial charge in [0.1, 0.15) is 0 Å². The predicted molar refractivity (Wildman–Crippen MR) is 80.6 cm³/mol. The van der Waals surface area contributed by atoms with Gasteiger partial charge in [-0.25, -0.2) is 0 Å². The van der Waals surface area contributed by atoms with Crippen LogP contribution in [0.15, 0.2) is 34.1 Å². The van der Waals surface area contributed by atoms with Gasteiger partial charge in [0.05, 0.1) is 8.66 Å². The molecule has 1 heterocycles. The molecule has 1 nitrogen and oxygen atoms in total. The number of Topliss-reactive ketones (excluding diaryl/α,β-unsaturated/α-hetero) is 1. The summed E-state index contributed by atoms with van der Waals surface area (Å²) in [4.78, 5) is 13.0. The molecule has 0 saturated carbocycles. The first kappa shape index (κ1) is 13.5. The fourth-order valence-corrected chi connectivity index (χ4v) is 3.23. The molecule has 3 heteroatoms. The maximum Gasteiger partial charge on any atom is 0.177 e. The van der Waals surface area contributed by atoms with Gasteiger partial charge in [-0.2, -0.15) is 0 Å². The lowest BCUT2D eigenvalue weighted by molar-refractivity contribution is 0.0997. The number of aryl methyl sites for hydroxylation is 2. The average Bonchev–Trinajstić information content (AvgIpc) is 2.71. The summed E-state index contributed by atoms with van der Waals surface area (Å²) in [6, 6.07) is 10.2. The first-order chi connectivity index (χ1) is 8.60. The van der Waals surface area contributed by atoms with Crippen molar-refractivity contribution in [1.82, 2.24) is 0 Å². The van der Waals surface area contributed by atoms with Gasteiger partial charge >= 0.3 is 0 Å². The maximum atomic E-state index is 12.1. The van der Waals surface area contributed by atoms with Crippen LogP contribution in [0.25, 0.3) is 0 Å². The maximum absolute atomic E-state index is 12.1. The van der Waals surface area contributed by atoms with E-state index in [1.54, 1.807) is 0 Å². The van der Waals surface area contributed by atoms with E-state index in [9.17, 15) is 4.79 Å². The fourth-order valence-electron chi connectivity index (χ4n) is 1.76. The number of carbonyl (C=O) groups excluding carboxylic acids is 1. The van der Waals surface area contributed by atoms with Crippen LogP contribution in [0.5, 0.6) is 0 Å². The van der Waals surface area contributed by atoms with Gasteiger partial charge in [0, 0.05) is 6.42 Å². The summed E-state index contributed by atoms with van der Waals surface area (Å²) in [6.45, 7) is 4.14. The zero-order chi connectivity index (χ0) is 13.1. The van der Waals surface area contributed by atoms with Gasteiger partial charge < -0.3 is 0 Å². The molecule has 0 atom stereocenters. The summed E-state index contributed by atoms with van der Waals surface area (Å²) in [5.41, 5.74) is 3.52. The second-order valence-electron chi connectivity index (χ2n) is 4.34. The number of halogens is 1. The predicted octanol–water partition coefficient (Wildman–Crippen LogP) is 4.81. The Hall–Kier alpha value is -0.930. The molecule has 2 rings (SSSR count). The molecule has 0 aliphatic rings. The van der Waals surface area contributed by atoms with Gasteiger partial charge in [-0.3, -0.25) is 4.79 Å². The van der Waals surface area contributed by atoms with Crippen molar-refractivity contribution < 1.29 is 4.79 Å². The van der Waals surface area contributed by atoms with Crippen molar-refractivity contribution in [3.05, 3.63) is 55.7 Å². The minimum Gasteiger partial charge on any atom is -0.293 e. The monoisotopic (exact) mass is 322 g/mol. The molecule has 1 aromatic carbocycles. The molecular weight excluding hydrogens is 308 g/mol. The van der Waals surface area contributed by atoms with Gasteiger partial charge in [0.15, 0.2) is 5.78 Å². The van der Waals surface area contributed by atoms with E-state index in [0.29, 0.717) is 6.42 Å². The number of benzene rings is 1. The molecular formula is C15H15BrOS. The second kappa shape index (κ2) is 5.81. The van der Waals surface area contributed by atoms with Crippen molar-refractivity contribution in [1.29, 1.82) is 0 Å². The van der Waals surface area contributed by atoms with Crippen LogP contribution < -0.4 is 0 Å². The van der Waals surface area contributed by atoms with E-state index in [2.05, 4.69) is 35.0 Å². The number of hydrogen-bond donors (Lipinski definition) is 0. The second-order valence-corrected chi connectivity index (χ2v) is 6.71. The van der Waals surface area contributed by atoms with Crippen LogP contribution in [-0.4, -0.2) is 5.78 Å². The van der Waals surface area contributed by atoms with Crippen molar-refractivity contribution in [2.75, 3.05) is 0 Å². The number of ketones is 1. The van der Waals surface area contributed by atoms with Gasteiger partial charge in [-0.15, -0.1) is 11.3 Å². The Bertz CT molecular complexity index is 535. The van der Waals surface area contributed by atoms with Crippen LogP contribution in [0.1, 0.15) is 33.3 Å². The molecule has 0 saturated heterocycles. The van der Waals surface area contributed by atoms with E-state index in [1.165, 1.54) is 16.9 Å². The van der Waals surface area contributed by atoms with Crippen molar-refractivity contribution in [3.8, 4) is 0 Å². The minimum absolute atomic E-state index is 0.193. The van der Waals surface area contributed by atoms with Crippen LogP contribution in [0.4, 0.5) is 0 Å². The third-order valence-corrected chi connectivity index (χ3v) is 5.11. The normalized spacial score (nSPS) is 10.6. The molecule has 0 aliphatic heterocycles. The lowest BCUT2D eigenvalue weighted by atomic mass is 10.0. The highest BCUT2D eigenvalue weighted by atomic mass is 79.9. The van der Waals surface area contributed by atoms with Crippen molar-refractivity contribution in [2.24, 2.45) is 0 Å². The molecule has 94 valence electrons. The Balaban J connectivity index is 2.10. The van der Waals surface area contributed by atoms with Gasteiger partial charge in [-0.1, -0.05) is 31.2 Å². The molecule has 0 radical (unpaired) electrons. The van der Waals surface area contributed by atoms with E-state index in [1.807, 2.05) is 25.1 Å². The van der Waals surface area contributed by atoms with E-state index < -0.39 is 0 Å². The summed E-state index contributed by atoms with van der Waals surface area (Å²) in [7, 11) is 0. The lowest BCUT2D eigenvalue weighted by Gasteiger charge is -2.01. The molecule has 0 spiro atoms. The topological polar surface area (TPSA) is 17.1 Å².